The second-order valence-electron chi connectivity index (χ2n) is 25.9. The Kier molecular flexibility index (Phi) is 24.3. The molecule has 0 saturated carbocycles. The molecule has 0 amide bonds. The molecule has 0 saturated heterocycles. The third kappa shape index (κ3) is 18.8. The second kappa shape index (κ2) is 28.4. The van der Waals surface area contributed by atoms with Gasteiger partial charge in [-0.05, 0) is 114 Å². The molecule has 0 aliphatic rings. The van der Waals surface area contributed by atoms with Crippen molar-refractivity contribution in [3.8, 4) is 0 Å². The maximum absolute atomic E-state index is 7.65. The Morgan fingerprint density at radius 1 is 0.554 bits per heavy atom. The molecule has 0 bridgehead atoms. The van der Waals surface area contributed by atoms with Crippen LogP contribution < -0.4 is 10.4 Å². The summed E-state index contributed by atoms with van der Waals surface area (Å²) >= 11 is 0. The molecule has 0 aliphatic carbocycles. The normalized spacial score (nSPS) is 16.3. The van der Waals surface area contributed by atoms with Crippen LogP contribution in [-0.2, 0) is 36.0 Å². The van der Waals surface area contributed by atoms with Crippen LogP contribution in [0.25, 0.3) is 0 Å². The maximum Gasteiger partial charge on any atom is 0.261 e. The van der Waals surface area contributed by atoms with Crippen molar-refractivity contribution in [2.75, 3.05) is 20.7 Å². The van der Waals surface area contributed by atoms with Crippen LogP contribution in [0.4, 0.5) is 0 Å². The van der Waals surface area contributed by atoms with Gasteiger partial charge in [0.25, 0.3) is 8.32 Å². The van der Waals surface area contributed by atoms with Crippen molar-refractivity contribution in [1.29, 1.82) is 0 Å². The molecule has 7 nitrogen and oxygen atoms in total. The first kappa shape index (κ1) is 63.3. The van der Waals surface area contributed by atoms with Gasteiger partial charge in [-0.2, -0.15) is 5.10 Å². The van der Waals surface area contributed by atoms with Crippen molar-refractivity contribution in [2.45, 2.75) is 214 Å². The van der Waals surface area contributed by atoms with Gasteiger partial charge in [-0.1, -0.05) is 211 Å². The average Bonchev–Trinajstić information content (AvgIpc) is 3.33. The highest BCUT2D eigenvalue weighted by atomic mass is 28.4. The van der Waals surface area contributed by atoms with Crippen LogP contribution in [0, 0.1) is 17.8 Å². The van der Waals surface area contributed by atoms with Crippen LogP contribution in [0.3, 0.4) is 0 Å². The summed E-state index contributed by atoms with van der Waals surface area (Å²) in [5.41, 5.74) is 3.55. The van der Waals surface area contributed by atoms with E-state index in [0.29, 0.717) is 25.7 Å². The lowest BCUT2D eigenvalue weighted by atomic mass is 9.87. The molecule has 10 heteroatoms. The van der Waals surface area contributed by atoms with Crippen molar-refractivity contribution in [3.63, 3.8) is 0 Å². The van der Waals surface area contributed by atoms with E-state index >= 15 is 0 Å². The Bertz CT molecular complexity index is 2160. The summed E-state index contributed by atoms with van der Waals surface area (Å²) in [6, 6.07) is 43.3. The maximum atomic E-state index is 7.65. The van der Waals surface area contributed by atoms with E-state index in [1.807, 2.05) is 5.01 Å². The molecule has 7 atom stereocenters. The topological polar surface area (TPSA) is 61.8 Å². The number of benzene rings is 4. The van der Waals surface area contributed by atoms with Gasteiger partial charge in [0.1, 0.15) is 0 Å². The van der Waals surface area contributed by atoms with E-state index in [9.17, 15) is 0 Å². The highest BCUT2D eigenvalue weighted by Gasteiger charge is 2.50. The summed E-state index contributed by atoms with van der Waals surface area (Å²) < 4.78 is 36.3. The lowest BCUT2D eigenvalue weighted by molar-refractivity contribution is -0.0403. The minimum Gasteiger partial charge on any atom is -0.414 e. The molecule has 0 unspecified atom stereocenters. The van der Waals surface area contributed by atoms with Crippen molar-refractivity contribution >= 4 is 41.0 Å². The molecule has 0 N–H and O–H groups in total. The lowest BCUT2D eigenvalue weighted by Crippen LogP contribution is -2.66. The van der Waals surface area contributed by atoms with Gasteiger partial charge in [0.05, 0.1) is 37.6 Å². The minimum atomic E-state index is -2.71. The lowest BCUT2D eigenvalue weighted by Gasteiger charge is -2.44. The molecule has 0 heterocycles. The SMILES string of the molecule is CC[C@H](CC[C@H](OCc1ccccc1)[C@@H](C)[C@H](C/C(CC[C@H](C)[C@H](C[C@@H](C)OCc1ccccc1)O[Si](C)(C)C(C)(C)C)=N/N(C)C)O[Si](C)(C)C(C)(C)C)CO[Si](c1ccccc1)(c1ccccc1)C(C)(C)C. The van der Waals surface area contributed by atoms with Gasteiger partial charge in [-0.3, -0.25) is 0 Å². The summed E-state index contributed by atoms with van der Waals surface area (Å²) in [5.74, 6) is 0.729. The quantitative estimate of drug-likeness (QED) is 0.0295. The molecule has 74 heavy (non-hydrogen) atoms. The molecule has 412 valence electrons. The van der Waals surface area contributed by atoms with Gasteiger partial charge < -0.3 is 27.8 Å². The van der Waals surface area contributed by atoms with Gasteiger partial charge in [0, 0.05) is 38.8 Å². The standard InChI is InChI=1S/C64H104N2O5Si3/c1-20-53(49-69-74(64(11,12)13,57-37-29-23-30-38-57)58-39-31-24-32-40-58)42-44-59(68-48-55-35-27-22-28-36-55)52(4)61(71-73(18,19)63(8,9)10)46-56(65-66(14)15)43-41-50(2)60(70-72(16,17)62(5,6)7)45-51(3)67-47-54-33-25-21-26-34-54/h21-40,50-53,59-61H,20,41-49H2,1-19H3/b65-56+/t50-,51+,52+,53+,59-,60-,61-/m0/s1. The zero-order chi connectivity index (χ0) is 55.0. The number of nitrogens with zero attached hydrogens (tertiary/aromatic N) is 2. The molecule has 0 aromatic heterocycles. The van der Waals surface area contributed by atoms with Gasteiger partial charge >= 0.3 is 0 Å². The predicted octanol–water partition coefficient (Wildman–Crippen LogP) is 16.1. The van der Waals surface area contributed by atoms with Crippen molar-refractivity contribution in [2.24, 2.45) is 22.9 Å². The summed E-state index contributed by atoms with van der Waals surface area (Å²) in [4.78, 5) is 0. The molecule has 0 fully saturated rings. The largest absolute Gasteiger partial charge is 0.414 e. The molecule has 0 aliphatic heterocycles. The van der Waals surface area contributed by atoms with Gasteiger partial charge in [-0.25, -0.2) is 0 Å². The molecule has 4 aromatic carbocycles. The highest BCUT2D eigenvalue weighted by molar-refractivity contribution is 6.99. The molecule has 4 aromatic rings. The number of hydrazone groups is 1. The van der Waals surface area contributed by atoms with Crippen LogP contribution in [0.2, 0.25) is 41.3 Å². The minimum absolute atomic E-state index is 0.0257. The zero-order valence-corrected chi connectivity index (χ0v) is 53.1. The van der Waals surface area contributed by atoms with E-state index in [4.69, 9.17) is 27.9 Å². The Hall–Kier alpha value is -3.20. The Labute approximate surface area is 456 Å². The van der Waals surface area contributed by atoms with E-state index in [2.05, 4.69) is 252 Å². The summed E-state index contributed by atoms with van der Waals surface area (Å²) in [5, 5.41) is 9.95. The van der Waals surface area contributed by atoms with E-state index in [-0.39, 0.29) is 51.4 Å². The van der Waals surface area contributed by atoms with E-state index < -0.39 is 25.0 Å². The Morgan fingerprint density at radius 2 is 1.00 bits per heavy atom. The fourth-order valence-electron chi connectivity index (χ4n) is 9.66. The number of rotatable bonds is 30. The first-order chi connectivity index (χ1) is 34.6. The molecular weight excluding hydrogens is 961 g/mol. The van der Waals surface area contributed by atoms with E-state index in [0.717, 1.165) is 44.9 Å². The third-order valence-electron chi connectivity index (χ3n) is 16.6. The first-order valence-corrected chi connectivity index (χ1v) is 36.0. The molecule has 0 radical (unpaired) electrons. The number of ether oxygens (including phenoxy) is 2. The van der Waals surface area contributed by atoms with Crippen LogP contribution in [-0.4, -0.2) is 80.8 Å². The fourth-order valence-corrected chi connectivity index (χ4v) is 17.2. The zero-order valence-electron chi connectivity index (χ0n) is 50.1. The van der Waals surface area contributed by atoms with Crippen molar-refractivity contribution in [3.05, 3.63) is 132 Å². The Morgan fingerprint density at radius 3 is 1.43 bits per heavy atom. The van der Waals surface area contributed by atoms with Crippen LogP contribution in [0.1, 0.15) is 146 Å². The molecular formula is C64H104N2O5Si3. The number of hydrogen-bond acceptors (Lipinski definition) is 7. The van der Waals surface area contributed by atoms with E-state index in [1.165, 1.54) is 27.2 Å². The second-order valence-corrected chi connectivity index (χ2v) is 39.7. The Balaban J connectivity index is 1.66. The number of hydrogen-bond donors (Lipinski definition) is 0. The molecule has 0 spiro atoms. The fraction of sp³-hybridized carbons (Fsp3) is 0.609. The van der Waals surface area contributed by atoms with Crippen LogP contribution in [0.15, 0.2) is 126 Å². The third-order valence-corrected chi connectivity index (χ3v) is 30.6. The van der Waals surface area contributed by atoms with Gasteiger partial charge in [0.15, 0.2) is 16.6 Å². The average molecular weight is 1070 g/mol. The van der Waals surface area contributed by atoms with Gasteiger partial charge in [0.2, 0.25) is 0 Å². The summed E-state index contributed by atoms with van der Waals surface area (Å²) in [6.07, 6.45) is 6.28. The monoisotopic (exact) mass is 1060 g/mol. The van der Waals surface area contributed by atoms with Gasteiger partial charge in [-0.15, -0.1) is 0 Å². The summed E-state index contributed by atoms with van der Waals surface area (Å²) in [6.45, 7) is 41.9. The summed E-state index contributed by atoms with van der Waals surface area (Å²) in [7, 11) is -2.97. The van der Waals surface area contributed by atoms with E-state index in [1.54, 1.807) is 0 Å². The van der Waals surface area contributed by atoms with Crippen LogP contribution >= 0.6 is 0 Å². The smallest absolute Gasteiger partial charge is 0.261 e. The molecule has 4 rings (SSSR count). The first-order valence-electron chi connectivity index (χ1n) is 28.3. The van der Waals surface area contributed by atoms with Crippen molar-refractivity contribution in [1.82, 2.24) is 5.01 Å². The predicted molar refractivity (Wildman–Crippen MR) is 324 cm³/mol. The van der Waals surface area contributed by atoms with Crippen molar-refractivity contribution < 1.29 is 22.8 Å². The van der Waals surface area contributed by atoms with Crippen LogP contribution in [0.5, 0.6) is 0 Å². The highest BCUT2D eigenvalue weighted by Crippen LogP contribution is 2.42.